The van der Waals surface area contributed by atoms with Gasteiger partial charge in [-0.2, -0.15) is 4.31 Å². The van der Waals surface area contributed by atoms with Crippen LogP contribution in [0, 0.1) is 11.7 Å². The number of rotatable bonds is 4. The molecule has 1 heterocycles. The van der Waals surface area contributed by atoms with Crippen LogP contribution >= 0.6 is 15.9 Å². The summed E-state index contributed by atoms with van der Waals surface area (Å²) in [5.41, 5.74) is 0.490. The lowest BCUT2D eigenvalue weighted by molar-refractivity contribution is -0.120. The van der Waals surface area contributed by atoms with Crippen molar-refractivity contribution in [3.05, 3.63) is 58.8 Å². The second kappa shape index (κ2) is 7.85. The highest BCUT2D eigenvalue weighted by molar-refractivity contribution is 9.10. The topological polar surface area (TPSA) is 66.5 Å². The van der Waals surface area contributed by atoms with E-state index in [0.717, 1.165) is 4.47 Å². The smallest absolute Gasteiger partial charge is 0.243 e. The van der Waals surface area contributed by atoms with Gasteiger partial charge in [0.15, 0.2) is 0 Å². The molecule has 1 amide bonds. The summed E-state index contributed by atoms with van der Waals surface area (Å²) in [6.45, 7) is 0.518. The molecule has 138 valence electrons. The van der Waals surface area contributed by atoms with Gasteiger partial charge in [0.05, 0.1) is 10.8 Å². The average molecular weight is 441 g/mol. The molecule has 0 aromatic heterocycles. The molecule has 1 aliphatic heterocycles. The van der Waals surface area contributed by atoms with Crippen LogP contribution in [-0.4, -0.2) is 31.7 Å². The normalized spacial score (nSPS) is 18.5. The largest absolute Gasteiger partial charge is 0.326 e. The molecule has 5 nitrogen and oxygen atoms in total. The maximum absolute atomic E-state index is 13.0. The van der Waals surface area contributed by atoms with Gasteiger partial charge in [0, 0.05) is 23.2 Å². The van der Waals surface area contributed by atoms with Crippen molar-refractivity contribution in [3.8, 4) is 0 Å². The van der Waals surface area contributed by atoms with Gasteiger partial charge >= 0.3 is 0 Å². The number of benzene rings is 2. The Morgan fingerprint density at radius 2 is 1.77 bits per heavy atom. The standard InChI is InChI=1S/C18H18BrFN2O3S/c19-14-3-9-17(10-4-14)26(24,25)22-11-1-2-13(12-22)18(23)21-16-7-5-15(20)6-8-16/h3-10,13H,1-2,11-12H2,(H,21,23)/t13-/m0/s1. The van der Waals surface area contributed by atoms with Crippen LogP contribution < -0.4 is 5.32 Å². The first kappa shape index (κ1) is 19.0. The Morgan fingerprint density at radius 1 is 1.12 bits per heavy atom. The third-order valence-electron chi connectivity index (χ3n) is 4.32. The predicted octanol–water partition coefficient (Wildman–Crippen LogP) is 3.63. The summed E-state index contributed by atoms with van der Waals surface area (Å²) < 4.78 is 40.7. The van der Waals surface area contributed by atoms with Crippen LogP contribution in [-0.2, 0) is 14.8 Å². The SMILES string of the molecule is O=C(Nc1ccc(F)cc1)[C@H]1CCCN(S(=O)(=O)c2ccc(Br)cc2)C1. The molecule has 0 spiro atoms. The van der Waals surface area contributed by atoms with E-state index < -0.39 is 15.9 Å². The van der Waals surface area contributed by atoms with Crippen LogP contribution in [0.3, 0.4) is 0 Å². The lowest BCUT2D eigenvalue weighted by Gasteiger charge is -2.31. The lowest BCUT2D eigenvalue weighted by atomic mass is 9.99. The fourth-order valence-corrected chi connectivity index (χ4v) is 4.70. The number of carbonyl (C=O) groups is 1. The number of halogens is 2. The van der Waals surface area contributed by atoms with Crippen LogP contribution in [0.15, 0.2) is 57.9 Å². The molecule has 1 N–H and O–H groups in total. The fraction of sp³-hybridized carbons (Fsp3) is 0.278. The van der Waals surface area contributed by atoms with Crippen molar-refractivity contribution >= 4 is 37.5 Å². The van der Waals surface area contributed by atoms with Gasteiger partial charge in [-0.25, -0.2) is 12.8 Å². The molecule has 0 aliphatic carbocycles. The second-order valence-electron chi connectivity index (χ2n) is 6.15. The van der Waals surface area contributed by atoms with Crippen molar-refractivity contribution in [3.63, 3.8) is 0 Å². The third-order valence-corrected chi connectivity index (χ3v) is 6.73. The molecule has 2 aromatic carbocycles. The van der Waals surface area contributed by atoms with Crippen LogP contribution in [0.25, 0.3) is 0 Å². The summed E-state index contributed by atoms with van der Waals surface area (Å²) >= 11 is 3.29. The Bertz CT molecular complexity index is 886. The molecule has 1 saturated heterocycles. The van der Waals surface area contributed by atoms with Crippen molar-refractivity contribution < 1.29 is 17.6 Å². The Balaban J connectivity index is 1.71. The van der Waals surface area contributed by atoms with E-state index in [0.29, 0.717) is 25.1 Å². The minimum atomic E-state index is -3.64. The van der Waals surface area contributed by atoms with Gasteiger partial charge in [-0.05, 0) is 61.4 Å². The summed E-state index contributed by atoms with van der Waals surface area (Å²) in [6, 6.07) is 11.9. The maximum Gasteiger partial charge on any atom is 0.243 e. The van der Waals surface area contributed by atoms with E-state index in [1.54, 1.807) is 24.3 Å². The van der Waals surface area contributed by atoms with Crippen molar-refractivity contribution in [1.82, 2.24) is 4.31 Å². The van der Waals surface area contributed by atoms with Gasteiger partial charge in [0.2, 0.25) is 15.9 Å². The van der Waals surface area contributed by atoms with Gasteiger partial charge in [0.25, 0.3) is 0 Å². The molecule has 1 aliphatic rings. The Kier molecular flexibility index (Phi) is 5.74. The Labute approximate surface area is 160 Å². The number of hydrogen-bond donors (Lipinski definition) is 1. The lowest BCUT2D eigenvalue weighted by Crippen LogP contribution is -2.43. The highest BCUT2D eigenvalue weighted by atomic mass is 79.9. The first-order chi connectivity index (χ1) is 12.4. The molecule has 0 unspecified atom stereocenters. The highest BCUT2D eigenvalue weighted by Crippen LogP contribution is 2.25. The first-order valence-corrected chi connectivity index (χ1v) is 10.4. The number of amides is 1. The van der Waals surface area contributed by atoms with Crippen molar-refractivity contribution in [2.75, 3.05) is 18.4 Å². The number of hydrogen-bond acceptors (Lipinski definition) is 3. The van der Waals surface area contributed by atoms with Crippen molar-refractivity contribution in [1.29, 1.82) is 0 Å². The molecule has 1 fully saturated rings. The Morgan fingerprint density at radius 3 is 2.42 bits per heavy atom. The molecular weight excluding hydrogens is 423 g/mol. The zero-order valence-electron chi connectivity index (χ0n) is 13.9. The first-order valence-electron chi connectivity index (χ1n) is 8.18. The van der Waals surface area contributed by atoms with Crippen molar-refractivity contribution in [2.45, 2.75) is 17.7 Å². The van der Waals surface area contributed by atoms with E-state index >= 15 is 0 Å². The number of piperidine rings is 1. The summed E-state index contributed by atoms with van der Waals surface area (Å²) in [4.78, 5) is 12.7. The molecule has 26 heavy (non-hydrogen) atoms. The van der Waals surface area contributed by atoms with Gasteiger partial charge in [-0.1, -0.05) is 15.9 Å². The van der Waals surface area contributed by atoms with Crippen LogP contribution in [0.1, 0.15) is 12.8 Å². The predicted molar refractivity (Wildman–Crippen MR) is 101 cm³/mol. The molecule has 0 bridgehead atoms. The van der Waals surface area contributed by atoms with E-state index in [1.165, 1.54) is 28.6 Å². The maximum atomic E-state index is 13.0. The number of sulfonamides is 1. The van der Waals surface area contributed by atoms with Gasteiger partial charge < -0.3 is 5.32 Å². The van der Waals surface area contributed by atoms with Crippen LogP contribution in [0.4, 0.5) is 10.1 Å². The highest BCUT2D eigenvalue weighted by Gasteiger charge is 2.33. The number of carbonyl (C=O) groups excluding carboxylic acids is 1. The molecule has 8 heteroatoms. The zero-order valence-corrected chi connectivity index (χ0v) is 16.3. The van der Waals surface area contributed by atoms with Gasteiger partial charge in [-0.3, -0.25) is 4.79 Å². The summed E-state index contributed by atoms with van der Waals surface area (Å²) in [7, 11) is -3.64. The third kappa shape index (κ3) is 4.31. The minimum absolute atomic E-state index is 0.130. The second-order valence-corrected chi connectivity index (χ2v) is 9.01. The zero-order chi connectivity index (χ0) is 18.7. The van der Waals surface area contributed by atoms with Crippen molar-refractivity contribution in [2.24, 2.45) is 5.92 Å². The molecule has 3 rings (SSSR count). The average Bonchev–Trinajstić information content (AvgIpc) is 2.64. The molecule has 1 atom stereocenters. The van der Waals surface area contributed by atoms with Crippen LogP contribution in [0.2, 0.25) is 0 Å². The van der Waals surface area contributed by atoms with E-state index in [-0.39, 0.29) is 23.2 Å². The minimum Gasteiger partial charge on any atom is -0.326 e. The summed E-state index contributed by atoms with van der Waals surface area (Å²) in [5, 5.41) is 2.72. The molecule has 0 saturated carbocycles. The summed E-state index contributed by atoms with van der Waals surface area (Å²) in [5.74, 6) is -1.08. The van der Waals surface area contributed by atoms with E-state index in [1.807, 2.05) is 0 Å². The van der Waals surface area contributed by atoms with Gasteiger partial charge in [-0.15, -0.1) is 0 Å². The number of nitrogens with zero attached hydrogens (tertiary/aromatic N) is 1. The number of anilines is 1. The fourth-order valence-electron chi connectivity index (χ4n) is 2.91. The molecule has 0 radical (unpaired) electrons. The number of nitrogens with one attached hydrogen (secondary N) is 1. The van der Waals surface area contributed by atoms with E-state index in [9.17, 15) is 17.6 Å². The molecule has 2 aromatic rings. The summed E-state index contributed by atoms with van der Waals surface area (Å²) in [6.07, 6.45) is 1.22. The van der Waals surface area contributed by atoms with E-state index in [4.69, 9.17) is 0 Å². The Hall–Kier alpha value is -1.77. The quantitative estimate of drug-likeness (QED) is 0.788. The van der Waals surface area contributed by atoms with Gasteiger partial charge in [0.1, 0.15) is 5.82 Å². The monoisotopic (exact) mass is 440 g/mol. The van der Waals surface area contributed by atoms with Crippen LogP contribution in [0.5, 0.6) is 0 Å². The van der Waals surface area contributed by atoms with E-state index in [2.05, 4.69) is 21.2 Å². The molecular formula is C18H18BrFN2O3S.